The smallest absolute Gasteiger partial charge is 1.00 e. The molecule has 0 spiro atoms. The molecular weight excluding hydrogens is 775 g/mol. The summed E-state index contributed by atoms with van der Waals surface area (Å²) in [6.07, 6.45) is 14.7. The second kappa shape index (κ2) is 22.3. The molecule has 0 nitrogen and oxygen atoms in total. The van der Waals surface area contributed by atoms with Gasteiger partial charge in [-0.2, -0.15) is 12.1 Å². The third kappa shape index (κ3) is 11.3. The molecule has 0 radical (unpaired) electrons. The van der Waals surface area contributed by atoms with Gasteiger partial charge in [-0.25, -0.2) is 0 Å². The van der Waals surface area contributed by atoms with Crippen molar-refractivity contribution in [2.24, 2.45) is 0 Å². The third-order valence-corrected chi connectivity index (χ3v) is 11.5. The van der Waals surface area contributed by atoms with Crippen LogP contribution in [0.1, 0.15) is 144 Å². The van der Waals surface area contributed by atoms with Gasteiger partial charge in [0, 0.05) is 0 Å². The van der Waals surface area contributed by atoms with Crippen LogP contribution in [0, 0.1) is 13.8 Å². The molecule has 2 aliphatic carbocycles. The summed E-state index contributed by atoms with van der Waals surface area (Å²) in [4.78, 5) is 0. The quantitative estimate of drug-likeness (QED) is 0.147. The van der Waals surface area contributed by atoms with Crippen molar-refractivity contribution in [1.29, 1.82) is 0 Å². The zero-order chi connectivity index (χ0) is 35.7. The normalized spacial score (nSPS) is 14.7. The predicted octanol–water partition coefficient (Wildman–Crippen LogP) is 9.84. The third-order valence-electron chi connectivity index (χ3n) is 11.5. The molecule has 2 aliphatic rings. The number of benzene rings is 4. The van der Waals surface area contributed by atoms with Gasteiger partial charge in [-0.1, -0.05) is 138 Å². The molecular formula is C51H60Cl2Zr-4. The fourth-order valence-electron chi connectivity index (χ4n) is 8.46. The van der Waals surface area contributed by atoms with E-state index < -0.39 is 0 Å². The van der Waals surface area contributed by atoms with Crippen molar-refractivity contribution in [1.82, 2.24) is 0 Å². The largest absolute Gasteiger partial charge is 2.00 e. The first-order valence-corrected chi connectivity index (χ1v) is 20.0. The first-order chi connectivity index (χ1) is 24.9. The second-order valence-corrected chi connectivity index (χ2v) is 15.8. The number of fused-ring (bicyclic) bond motifs is 2. The summed E-state index contributed by atoms with van der Waals surface area (Å²) in [5.74, 6) is 2.74. The van der Waals surface area contributed by atoms with Crippen molar-refractivity contribution in [2.45, 2.75) is 122 Å². The molecule has 0 heterocycles. The molecule has 286 valence electrons. The van der Waals surface area contributed by atoms with E-state index in [1.165, 1.54) is 119 Å². The number of halogens is 2. The van der Waals surface area contributed by atoms with Gasteiger partial charge in [0.05, 0.1) is 0 Å². The summed E-state index contributed by atoms with van der Waals surface area (Å²) in [6, 6.07) is 41.6. The molecule has 0 bridgehead atoms. The molecule has 6 aromatic rings. The van der Waals surface area contributed by atoms with Gasteiger partial charge in [0.15, 0.2) is 0 Å². The van der Waals surface area contributed by atoms with Crippen LogP contribution in [-0.2, 0) is 26.2 Å². The van der Waals surface area contributed by atoms with Crippen LogP contribution in [0.3, 0.4) is 0 Å². The summed E-state index contributed by atoms with van der Waals surface area (Å²) in [5.41, 5.74) is 11.4. The first kappa shape index (κ1) is 45.9. The zero-order valence-corrected chi connectivity index (χ0v) is 37.1. The molecule has 6 aromatic carbocycles. The first-order valence-electron chi connectivity index (χ1n) is 20.0. The van der Waals surface area contributed by atoms with E-state index in [1.807, 2.05) is 0 Å². The van der Waals surface area contributed by atoms with E-state index in [4.69, 9.17) is 0 Å². The minimum atomic E-state index is 0. The van der Waals surface area contributed by atoms with Crippen LogP contribution in [0.25, 0.3) is 43.8 Å². The van der Waals surface area contributed by atoms with E-state index in [0.29, 0.717) is 11.8 Å². The molecule has 0 aliphatic heterocycles. The maximum absolute atomic E-state index is 3.38. The van der Waals surface area contributed by atoms with Crippen LogP contribution >= 0.6 is 0 Å². The van der Waals surface area contributed by atoms with E-state index in [-0.39, 0.29) is 51.0 Å². The second-order valence-electron chi connectivity index (χ2n) is 15.8. The van der Waals surface area contributed by atoms with Gasteiger partial charge in [0.2, 0.25) is 0 Å². The van der Waals surface area contributed by atoms with E-state index in [9.17, 15) is 0 Å². The minimum Gasteiger partial charge on any atom is -1.00 e. The molecule has 0 unspecified atom stereocenters. The number of hydrogen-bond acceptors (Lipinski definition) is 0. The van der Waals surface area contributed by atoms with Crippen LogP contribution in [0.15, 0.2) is 109 Å². The van der Waals surface area contributed by atoms with E-state index in [2.05, 4.69) is 151 Å². The fourth-order valence-corrected chi connectivity index (χ4v) is 8.46. The van der Waals surface area contributed by atoms with Crippen molar-refractivity contribution >= 4 is 21.5 Å². The van der Waals surface area contributed by atoms with Crippen molar-refractivity contribution < 1.29 is 51.0 Å². The summed E-state index contributed by atoms with van der Waals surface area (Å²) in [6.45, 7) is 15.8. The topological polar surface area (TPSA) is 0 Å². The van der Waals surface area contributed by atoms with Crippen LogP contribution in [0.2, 0.25) is 0 Å². The van der Waals surface area contributed by atoms with E-state index in [0.717, 1.165) is 18.3 Å². The van der Waals surface area contributed by atoms with E-state index >= 15 is 0 Å². The molecule has 54 heavy (non-hydrogen) atoms. The molecule has 2 fully saturated rings. The number of rotatable bonds is 6. The Morgan fingerprint density at radius 2 is 0.852 bits per heavy atom. The number of hydrogen-bond donors (Lipinski definition) is 0. The molecule has 0 saturated heterocycles. The zero-order valence-electron chi connectivity index (χ0n) is 33.2. The van der Waals surface area contributed by atoms with Gasteiger partial charge in [0.25, 0.3) is 0 Å². The van der Waals surface area contributed by atoms with Crippen LogP contribution < -0.4 is 24.8 Å². The Hall–Kier alpha value is -2.44. The Labute approximate surface area is 359 Å². The predicted molar refractivity (Wildman–Crippen MR) is 225 cm³/mol. The van der Waals surface area contributed by atoms with Crippen LogP contribution in [0.4, 0.5) is 0 Å². The van der Waals surface area contributed by atoms with Crippen molar-refractivity contribution in [3.63, 3.8) is 0 Å². The van der Waals surface area contributed by atoms with E-state index in [1.54, 1.807) is 11.1 Å². The van der Waals surface area contributed by atoms with Crippen molar-refractivity contribution in [3.05, 3.63) is 145 Å². The summed E-state index contributed by atoms with van der Waals surface area (Å²) in [5, 5.41) is 5.66. The molecule has 0 amide bonds. The van der Waals surface area contributed by atoms with Gasteiger partial charge >= 0.3 is 26.2 Å². The standard InChI is InChI=1S/2C24H27.C3H6.2ClH.Zr/c2*1-17(2)18-11-13-20(14-12-18)23-10-6-9-21-15-22(16-24(21)23)19-7-4-3-5-8-19;1-3-2;;;/h2*6,9-17,19H,3-5,7-8H2,1-2H3;1-3H2;2*1H;/q2*-1;-2;;;+2/p-2. The van der Waals surface area contributed by atoms with Gasteiger partial charge in [-0.05, 0) is 71.6 Å². The Bertz CT molecular complexity index is 1800. The average molecular weight is 835 g/mol. The van der Waals surface area contributed by atoms with Gasteiger partial charge in [0.1, 0.15) is 0 Å². The summed E-state index contributed by atoms with van der Waals surface area (Å²) in [7, 11) is 0. The van der Waals surface area contributed by atoms with Gasteiger partial charge in [-0.15, -0.1) is 69.1 Å². The van der Waals surface area contributed by atoms with Crippen molar-refractivity contribution in [2.75, 3.05) is 0 Å². The Morgan fingerprint density at radius 1 is 0.519 bits per heavy atom. The summed E-state index contributed by atoms with van der Waals surface area (Å²) >= 11 is 0. The fraction of sp³-hybridized carbons (Fsp3) is 0.373. The molecule has 8 rings (SSSR count). The SMILES string of the molecule is CC(C)c1ccc(-c2cccc3[cH-]c(C4CCCCC4)cc23)cc1.CC(C)c1ccc(-c2cccc3[cH-]c(C4CCCCC4)cc23)cc1.[CH2-]C[CH2-].[Cl-].[Cl-].[Zr+2]. The molecule has 3 heteroatoms. The Balaban J connectivity index is 0.000000257. The van der Waals surface area contributed by atoms with Crippen LogP contribution in [0.5, 0.6) is 0 Å². The van der Waals surface area contributed by atoms with Crippen molar-refractivity contribution in [3.8, 4) is 22.3 Å². The maximum Gasteiger partial charge on any atom is 2.00 e. The van der Waals surface area contributed by atoms with Gasteiger partial charge < -0.3 is 45.1 Å². The van der Waals surface area contributed by atoms with Crippen LogP contribution in [-0.4, -0.2) is 0 Å². The average Bonchev–Trinajstić information content (AvgIpc) is 3.82. The monoisotopic (exact) mass is 832 g/mol. The molecule has 0 atom stereocenters. The van der Waals surface area contributed by atoms with Gasteiger partial charge in [-0.3, -0.25) is 0 Å². The molecule has 0 N–H and O–H groups in total. The Kier molecular flexibility index (Phi) is 19.0. The molecule has 0 aromatic heterocycles. The molecule has 2 saturated carbocycles. The summed E-state index contributed by atoms with van der Waals surface area (Å²) < 4.78 is 0. The minimum absolute atomic E-state index is 0. The maximum atomic E-state index is 3.38. The Morgan fingerprint density at radius 3 is 1.17 bits per heavy atom.